The van der Waals surface area contributed by atoms with Gasteiger partial charge in [-0.25, -0.2) is 0 Å². The van der Waals surface area contributed by atoms with Crippen LogP contribution in [0.15, 0.2) is 11.6 Å². The number of rotatable bonds is 0. The first-order chi connectivity index (χ1) is 10.3. The Labute approximate surface area is 130 Å². The lowest BCUT2D eigenvalue weighted by atomic mass is 9.80. The number of carbonyl (C=O) groups excluding carboxylic acids is 2. The molecule has 0 amide bonds. The molecule has 0 saturated carbocycles. The van der Waals surface area contributed by atoms with Gasteiger partial charge in [0.05, 0.1) is 23.5 Å². The number of esters is 2. The van der Waals surface area contributed by atoms with Crippen molar-refractivity contribution in [3.8, 4) is 0 Å². The van der Waals surface area contributed by atoms with Gasteiger partial charge in [-0.2, -0.15) is 0 Å². The Hall–Kier alpha value is -1.40. The second-order valence-electron chi connectivity index (χ2n) is 6.76. The van der Waals surface area contributed by atoms with Crippen LogP contribution in [0.25, 0.3) is 0 Å². The highest BCUT2D eigenvalue weighted by Gasteiger charge is 2.48. The molecular formula is C16H23NO5. The van der Waals surface area contributed by atoms with E-state index >= 15 is 0 Å². The molecule has 0 bridgehead atoms. The van der Waals surface area contributed by atoms with Crippen molar-refractivity contribution in [1.29, 1.82) is 0 Å². The van der Waals surface area contributed by atoms with Gasteiger partial charge in [-0.3, -0.25) is 14.5 Å². The number of aliphatic hydroxyl groups is 1. The zero-order valence-corrected chi connectivity index (χ0v) is 13.2. The zero-order valence-electron chi connectivity index (χ0n) is 13.2. The van der Waals surface area contributed by atoms with Crippen molar-refractivity contribution >= 4 is 11.9 Å². The Kier molecular flexibility index (Phi) is 3.77. The van der Waals surface area contributed by atoms with Gasteiger partial charge in [0.25, 0.3) is 0 Å². The first-order valence-electron chi connectivity index (χ1n) is 7.85. The molecule has 3 aliphatic heterocycles. The number of ether oxygens (including phenoxy) is 2. The number of carbonyl (C=O) groups is 2. The summed E-state index contributed by atoms with van der Waals surface area (Å²) in [5.41, 5.74) is -0.509. The molecule has 3 aliphatic rings. The number of hydrogen-bond donors (Lipinski definition) is 1. The molecule has 0 aliphatic carbocycles. The van der Waals surface area contributed by atoms with Gasteiger partial charge < -0.3 is 14.6 Å². The third-order valence-electron chi connectivity index (χ3n) is 5.52. The van der Waals surface area contributed by atoms with E-state index in [2.05, 4.69) is 4.90 Å². The van der Waals surface area contributed by atoms with Crippen molar-refractivity contribution < 1.29 is 24.2 Å². The Bertz CT molecular complexity index is 527. The third-order valence-corrected chi connectivity index (χ3v) is 5.52. The minimum Gasteiger partial charge on any atom is -0.461 e. The van der Waals surface area contributed by atoms with E-state index in [0.29, 0.717) is 0 Å². The van der Waals surface area contributed by atoms with Crippen molar-refractivity contribution in [2.45, 2.75) is 44.9 Å². The molecule has 3 heterocycles. The van der Waals surface area contributed by atoms with Crippen LogP contribution in [0.2, 0.25) is 0 Å². The molecule has 0 unspecified atom stereocenters. The molecule has 6 nitrogen and oxygen atoms in total. The van der Waals surface area contributed by atoms with Crippen LogP contribution in [0, 0.1) is 11.8 Å². The van der Waals surface area contributed by atoms with E-state index in [1.807, 2.05) is 6.08 Å². The summed E-state index contributed by atoms with van der Waals surface area (Å²) in [6, 6.07) is 0.00213. The summed E-state index contributed by atoms with van der Waals surface area (Å²) < 4.78 is 11.1. The highest BCUT2D eigenvalue weighted by Crippen LogP contribution is 2.35. The fraction of sp³-hybridized carbons (Fsp3) is 0.750. The summed E-state index contributed by atoms with van der Waals surface area (Å²) >= 11 is 0. The summed E-state index contributed by atoms with van der Waals surface area (Å²) in [4.78, 5) is 26.8. The summed E-state index contributed by atoms with van der Waals surface area (Å²) in [7, 11) is 0. The Balaban J connectivity index is 1.92. The molecule has 0 aromatic rings. The molecule has 2 saturated heterocycles. The van der Waals surface area contributed by atoms with E-state index in [0.717, 1.165) is 25.1 Å². The molecule has 1 N–H and O–H groups in total. The number of cyclic esters (lactones) is 1. The first-order valence-corrected chi connectivity index (χ1v) is 7.85. The predicted molar refractivity (Wildman–Crippen MR) is 77.9 cm³/mol. The molecule has 5 atom stereocenters. The van der Waals surface area contributed by atoms with E-state index in [4.69, 9.17) is 9.47 Å². The molecule has 0 aromatic carbocycles. The lowest BCUT2D eigenvalue weighted by molar-refractivity contribution is -0.171. The van der Waals surface area contributed by atoms with E-state index < -0.39 is 29.4 Å². The van der Waals surface area contributed by atoms with Crippen molar-refractivity contribution in [2.75, 3.05) is 19.7 Å². The highest BCUT2D eigenvalue weighted by atomic mass is 16.6. The van der Waals surface area contributed by atoms with Gasteiger partial charge in [0.1, 0.15) is 12.7 Å². The predicted octanol–water partition coefficient (Wildman–Crippen LogP) is 0.492. The van der Waals surface area contributed by atoms with Crippen LogP contribution in [0.4, 0.5) is 0 Å². The van der Waals surface area contributed by atoms with Crippen LogP contribution < -0.4 is 0 Å². The van der Waals surface area contributed by atoms with E-state index in [1.54, 1.807) is 13.8 Å². The van der Waals surface area contributed by atoms with Crippen molar-refractivity contribution in [3.05, 3.63) is 11.6 Å². The molecule has 0 aromatic heterocycles. The summed E-state index contributed by atoms with van der Waals surface area (Å²) in [6.45, 7) is 6.53. The average Bonchev–Trinajstić information content (AvgIpc) is 3.05. The van der Waals surface area contributed by atoms with Gasteiger partial charge in [-0.1, -0.05) is 6.08 Å². The average molecular weight is 309 g/mol. The Morgan fingerprint density at radius 3 is 2.68 bits per heavy atom. The monoisotopic (exact) mass is 309 g/mol. The van der Waals surface area contributed by atoms with Gasteiger partial charge in [0, 0.05) is 13.1 Å². The summed E-state index contributed by atoms with van der Waals surface area (Å²) in [5.74, 6) is -2.53. The largest absolute Gasteiger partial charge is 0.461 e. The number of hydrogen-bond acceptors (Lipinski definition) is 6. The van der Waals surface area contributed by atoms with Crippen molar-refractivity contribution in [3.63, 3.8) is 0 Å². The maximum absolute atomic E-state index is 12.4. The van der Waals surface area contributed by atoms with Crippen LogP contribution in [0.5, 0.6) is 0 Å². The van der Waals surface area contributed by atoms with E-state index in [-0.39, 0.29) is 18.8 Å². The van der Waals surface area contributed by atoms with Gasteiger partial charge in [0.2, 0.25) is 0 Å². The van der Waals surface area contributed by atoms with Crippen molar-refractivity contribution in [1.82, 2.24) is 4.90 Å². The standard InChI is InChI=1S/C16H23NO5/c1-9-14(18)21-8-11-4-6-17-7-5-12(13(11)17)22-15(19)10(2)16(9,3)20/h4,9-10,12-13,20H,5-8H2,1-3H3/t9-,10-,12-,13-,16+/m1/s1. The van der Waals surface area contributed by atoms with Crippen LogP contribution in [0.1, 0.15) is 27.2 Å². The second-order valence-corrected chi connectivity index (χ2v) is 6.76. The minimum absolute atomic E-state index is 0.00213. The minimum atomic E-state index is -1.50. The van der Waals surface area contributed by atoms with Gasteiger partial charge in [-0.15, -0.1) is 0 Å². The van der Waals surface area contributed by atoms with Crippen molar-refractivity contribution in [2.24, 2.45) is 11.8 Å². The third kappa shape index (κ3) is 2.34. The maximum Gasteiger partial charge on any atom is 0.311 e. The van der Waals surface area contributed by atoms with E-state index in [9.17, 15) is 14.7 Å². The number of nitrogens with zero attached hydrogens (tertiary/aromatic N) is 1. The maximum atomic E-state index is 12.4. The molecule has 6 heteroatoms. The smallest absolute Gasteiger partial charge is 0.311 e. The van der Waals surface area contributed by atoms with Crippen LogP contribution in [0.3, 0.4) is 0 Å². The fourth-order valence-electron chi connectivity index (χ4n) is 3.51. The molecular weight excluding hydrogens is 286 g/mol. The Morgan fingerprint density at radius 1 is 1.27 bits per heavy atom. The second kappa shape index (κ2) is 5.35. The summed E-state index contributed by atoms with van der Waals surface area (Å²) in [5, 5.41) is 10.6. The fourth-order valence-corrected chi connectivity index (χ4v) is 3.51. The molecule has 0 radical (unpaired) electrons. The first kappa shape index (κ1) is 15.5. The lowest BCUT2D eigenvalue weighted by Gasteiger charge is -2.33. The lowest BCUT2D eigenvalue weighted by Crippen LogP contribution is -2.48. The normalized spacial score (nSPS) is 43.0. The van der Waals surface area contributed by atoms with Gasteiger partial charge >= 0.3 is 11.9 Å². The zero-order chi connectivity index (χ0) is 16.1. The van der Waals surface area contributed by atoms with Crippen LogP contribution >= 0.6 is 0 Å². The Morgan fingerprint density at radius 2 is 1.95 bits per heavy atom. The quantitative estimate of drug-likeness (QED) is 0.518. The van der Waals surface area contributed by atoms with Gasteiger partial charge in [0.15, 0.2) is 0 Å². The topological polar surface area (TPSA) is 76.1 Å². The van der Waals surface area contributed by atoms with Gasteiger partial charge in [-0.05, 0) is 32.8 Å². The summed E-state index contributed by atoms with van der Waals surface area (Å²) in [6.07, 6.45) is 2.58. The molecule has 3 rings (SSSR count). The van der Waals surface area contributed by atoms with E-state index in [1.165, 1.54) is 6.92 Å². The molecule has 22 heavy (non-hydrogen) atoms. The molecule has 122 valence electrons. The SMILES string of the molecule is C[C@@H]1C(=O)OCC2=CCN3CC[C@@H](OC(=O)[C@@H](C)[C@@]1(C)O)[C@@H]23. The molecule has 0 spiro atoms. The highest BCUT2D eigenvalue weighted by molar-refractivity contribution is 5.78. The van der Waals surface area contributed by atoms with Crippen LogP contribution in [-0.2, 0) is 19.1 Å². The van der Waals surface area contributed by atoms with Crippen LogP contribution in [-0.4, -0.2) is 59.4 Å². The molecule has 2 fully saturated rings.